The SMILES string of the molecule is CN=C(NCCCOCC1CC1)N1CCC(OCC2CCCCO2)CC1. The summed E-state index contributed by atoms with van der Waals surface area (Å²) >= 11 is 0. The number of hydrogen-bond donors (Lipinski definition) is 1. The van der Waals surface area contributed by atoms with Crippen LogP contribution in [0.25, 0.3) is 0 Å². The predicted octanol–water partition coefficient (Wildman–Crippen LogP) is 2.43. The van der Waals surface area contributed by atoms with Crippen molar-refractivity contribution in [1.82, 2.24) is 10.2 Å². The zero-order chi connectivity index (χ0) is 18.0. The van der Waals surface area contributed by atoms with E-state index in [1.165, 1.54) is 25.7 Å². The first-order valence-electron chi connectivity index (χ1n) is 10.6. The van der Waals surface area contributed by atoms with Gasteiger partial charge in [0.2, 0.25) is 0 Å². The van der Waals surface area contributed by atoms with Gasteiger partial charge in [0, 0.05) is 46.5 Å². The number of piperidine rings is 1. The molecule has 3 aliphatic rings. The lowest BCUT2D eigenvalue weighted by Crippen LogP contribution is -2.47. The fourth-order valence-electron chi connectivity index (χ4n) is 3.66. The van der Waals surface area contributed by atoms with Crippen LogP contribution in [0.4, 0.5) is 0 Å². The smallest absolute Gasteiger partial charge is 0.193 e. The van der Waals surface area contributed by atoms with Crippen molar-refractivity contribution < 1.29 is 14.2 Å². The van der Waals surface area contributed by atoms with E-state index < -0.39 is 0 Å². The molecular formula is C20H37N3O3. The molecule has 3 rings (SSSR count). The minimum Gasteiger partial charge on any atom is -0.381 e. The molecule has 1 atom stereocenters. The maximum Gasteiger partial charge on any atom is 0.193 e. The van der Waals surface area contributed by atoms with E-state index in [0.717, 1.165) is 83.6 Å². The van der Waals surface area contributed by atoms with Crippen LogP contribution in [0.2, 0.25) is 0 Å². The highest BCUT2D eigenvalue weighted by Gasteiger charge is 2.24. The molecule has 0 aromatic heterocycles. The molecule has 3 fully saturated rings. The Balaban J connectivity index is 1.24. The van der Waals surface area contributed by atoms with E-state index in [2.05, 4.69) is 15.2 Å². The molecule has 0 amide bonds. The lowest BCUT2D eigenvalue weighted by Gasteiger charge is -2.35. The first kappa shape index (κ1) is 19.9. The molecule has 26 heavy (non-hydrogen) atoms. The Morgan fingerprint density at radius 2 is 1.96 bits per heavy atom. The van der Waals surface area contributed by atoms with Gasteiger partial charge in [0.15, 0.2) is 5.96 Å². The summed E-state index contributed by atoms with van der Waals surface area (Å²) in [5.41, 5.74) is 0. The van der Waals surface area contributed by atoms with Crippen molar-refractivity contribution in [2.75, 3.05) is 53.1 Å². The largest absolute Gasteiger partial charge is 0.381 e. The molecule has 1 saturated carbocycles. The fraction of sp³-hybridized carbons (Fsp3) is 0.950. The molecule has 1 N–H and O–H groups in total. The molecule has 2 aliphatic heterocycles. The number of hydrogen-bond acceptors (Lipinski definition) is 4. The lowest BCUT2D eigenvalue weighted by atomic mass is 10.1. The third-order valence-corrected chi connectivity index (χ3v) is 5.54. The summed E-state index contributed by atoms with van der Waals surface area (Å²) in [6.07, 6.45) is 10.2. The van der Waals surface area contributed by atoms with Crippen LogP contribution in [-0.2, 0) is 14.2 Å². The first-order chi connectivity index (χ1) is 12.8. The van der Waals surface area contributed by atoms with Crippen LogP contribution in [-0.4, -0.2) is 76.2 Å². The molecule has 6 heteroatoms. The summed E-state index contributed by atoms with van der Waals surface area (Å²) in [5, 5.41) is 3.48. The minimum atomic E-state index is 0.318. The maximum atomic E-state index is 6.11. The quantitative estimate of drug-likeness (QED) is 0.385. The standard InChI is InChI=1S/C20H37N3O3/c1-21-20(22-10-4-13-24-15-17-6-7-17)23-11-8-18(9-12-23)26-16-19-5-2-3-14-25-19/h17-19H,2-16H2,1H3,(H,21,22). The van der Waals surface area contributed by atoms with Gasteiger partial charge in [-0.15, -0.1) is 0 Å². The highest BCUT2D eigenvalue weighted by molar-refractivity contribution is 5.79. The fourth-order valence-corrected chi connectivity index (χ4v) is 3.66. The van der Waals surface area contributed by atoms with Gasteiger partial charge >= 0.3 is 0 Å². The van der Waals surface area contributed by atoms with Gasteiger partial charge < -0.3 is 24.4 Å². The average Bonchev–Trinajstić information content (AvgIpc) is 3.52. The number of guanidine groups is 1. The second-order valence-electron chi connectivity index (χ2n) is 7.85. The number of likely N-dealkylation sites (tertiary alicyclic amines) is 1. The van der Waals surface area contributed by atoms with Crippen molar-refractivity contribution >= 4 is 5.96 Å². The third-order valence-electron chi connectivity index (χ3n) is 5.54. The Bertz CT molecular complexity index is 415. The molecule has 1 unspecified atom stereocenters. The maximum absolute atomic E-state index is 6.11. The Morgan fingerprint density at radius 3 is 2.65 bits per heavy atom. The van der Waals surface area contributed by atoms with Crippen LogP contribution >= 0.6 is 0 Å². The van der Waals surface area contributed by atoms with E-state index in [4.69, 9.17) is 14.2 Å². The van der Waals surface area contributed by atoms with Crippen LogP contribution in [0, 0.1) is 5.92 Å². The van der Waals surface area contributed by atoms with Crippen LogP contribution in [0.15, 0.2) is 4.99 Å². The van der Waals surface area contributed by atoms with Gasteiger partial charge in [0.05, 0.1) is 18.8 Å². The van der Waals surface area contributed by atoms with Gasteiger partial charge in [-0.2, -0.15) is 0 Å². The van der Waals surface area contributed by atoms with Gasteiger partial charge in [-0.05, 0) is 57.3 Å². The Kier molecular flexibility index (Phi) is 8.49. The van der Waals surface area contributed by atoms with E-state index in [0.29, 0.717) is 12.2 Å². The molecule has 0 aromatic carbocycles. The number of aliphatic imine (C=N–C) groups is 1. The molecule has 150 valence electrons. The zero-order valence-electron chi connectivity index (χ0n) is 16.5. The summed E-state index contributed by atoms with van der Waals surface area (Å²) in [7, 11) is 1.87. The summed E-state index contributed by atoms with van der Waals surface area (Å²) in [4.78, 5) is 6.79. The van der Waals surface area contributed by atoms with Crippen molar-refractivity contribution in [1.29, 1.82) is 0 Å². The van der Waals surface area contributed by atoms with Gasteiger partial charge in [-0.25, -0.2) is 0 Å². The van der Waals surface area contributed by atoms with Crippen molar-refractivity contribution in [3.63, 3.8) is 0 Å². The second kappa shape index (κ2) is 11.1. The highest BCUT2D eigenvalue weighted by Crippen LogP contribution is 2.28. The summed E-state index contributed by atoms with van der Waals surface area (Å²) in [5.74, 6) is 1.87. The van der Waals surface area contributed by atoms with E-state index in [-0.39, 0.29) is 0 Å². The van der Waals surface area contributed by atoms with Crippen LogP contribution in [0.3, 0.4) is 0 Å². The summed E-state index contributed by atoms with van der Waals surface area (Å²) < 4.78 is 17.6. The minimum absolute atomic E-state index is 0.318. The van der Waals surface area contributed by atoms with E-state index >= 15 is 0 Å². The predicted molar refractivity (Wildman–Crippen MR) is 104 cm³/mol. The average molecular weight is 368 g/mol. The van der Waals surface area contributed by atoms with Crippen LogP contribution < -0.4 is 5.32 Å². The zero-order valence-corrected chi connectivity index (χ0v) is 16.5. The Hall–Kier alpha value is -0.850. The topological polar surface area (TPSA) is 55.3 Å². The first-order valence-corrected chi connectivity index (χ1v) is 10.6. The van der Waals surface area contributed by atoms with Gasteiger partial charge in [0.1, 0.15) is 0 Å². The molecule has 0 bridgehead atoms. The van der Waals surface area contributed by atoms with Crippen molar-refractivity contribution in [3.05, 3.63) is 0 Å². The van der Waals surface area contributed by atoms with Crippen LogP contribution in [0.5, 0.6) is 0 Å². The number of nitrogens with one attached hydrogen (secondary N) is 1. The highest BCUT2D eigenvalue weighted by atomic mass is 16.5. The summed E-state index contributed by atoms with van der Waals surface area (Å²) in [6.45, 7) is 6.40. The second-order valence-corrected chi connectivity index (χ2v) is 7.85. The molecule has 0 spiro atoms. The summed E-state index contributed by atoms with van der Waals surface area (Å²) in [6, 6.07) is 0. The molecular weight excluding hydrogens is 330 g/mol. The van der Waals surface area contributed by atoms with E-state index in [1.807, 2.05) is 7.05 Å². The van der Waals surface area contributed by atoms with E-state index in [1.54, 1.807) is 0 Å². The number of ether oxygens (including phenoxy) is 3. The molecule has 0 radical (unpaired) electrons. The van der Waals surface area contributed by atoms with Crippen LogP contribution in [0.1, 0.15) is 51.4 Å². The molecule has 2 heterocycles. The molecule has 6 nitrogen and oxygen atoms in total. The number of nitrogens with zero attached hydrogens (tertiary/aromatic N) is 2. The van der Waals surface area contributed by atoms with Crippen molar-refractivity contribution in [2.24, 2.45) is 10.9 Å². The monoisotopic (exact) mass is 367 g/mol. The normalized spacial score (nSPS) is 25.5. The van der Waals surface area contributed by atoms with E-state index in [9.17, 15) is 0 Å². The third kappa shape index (κ3) is 7.05. The Morgan fingerprint density at radius 1 is 1.12 bits per heavy atom. The number of rotatable bonds is 9. The van der Waals surface area contributed by atoms with Crippen molar-refractivity contribution in [3.8, 4) is 0 Å². The van der Waals surface area contributed by atoms with Crippen molar-refractivity contribution in [2.45, 2.75) is 63.6 Å². The molecule has 2 saturated heterocycles. The van der Waals surface area contributed by atoms with Gasteiger partial charge in [0.25, 0.3) is 0 Å². The molecule has 1 aliphatic carbocycles. The van der Waals surface area contributed by atoms with Gasteiger partial charge in [-0.1, -0.05) is 0 Å². The molecule has 0 aromatic rings. The van der Waals surface area contributed by atoms with Gasteiger partial charge in [-0.3, -0.25) is 4.99 Å². The lowest BCUT2D eigenvalue weighted by molar-refractivity contribution is -0.0721. The Labute approximate surface area is 158 Å².